The molecule has 0 saturated carbocycles. The van der Waals surface area contributed by atoms with Gasteiger partial charge in [0.25, 0.3) is 0 Å². The van der Waals surface area contributed by atoms with Crippen LogP contribution in [-0.4, -0.2) is 23.6 Å². The Morgan fingerprint density at radius 3 is 2.70 bits per heavy atom. The van der Waals surface area contributed by atoms with Crippen molar-refractivity contribution in [3.05, 3.63) is 23.4 Å². The van der Waals surface area contributed by atoms with Crippen molar-refractivity contribution in [3.63, 3.8) is 0 Å². The molecule has 2 heterocycles. The molecule has 2 rings (SSSR count). The van der Waals surface area contributed by atoms with E-state index in [1.165, 1.54) is 24.2 Å². The number of aromatic nitrogens is 1. The van der Waals surface area contributed by atoms with Crippen molar-refractivity contribution in [2.75, 3.05) is 11.4 Å². The molecular formula is C17H29N3. The molecule has 1 aromatic heterocycles. The molecule has 1 N–H and O–H groups in total. The van der Waals surface area contributed by atoms with Gasteiger partial charge < -0.3 is 10.2 Å². The van der Waals surface area contributed by atoms with Crippen LogP contribution in [0.3, 0.4) is 0 Å². The first-order valence-electron chi connectivity index (χ1n) is 7.95. The number of rotatable bonds is 5. The van der Waals surface area contributed by atoms with Crippen LogP contribution >= 0.6 is 0 Å². The Kier molecular flexibility index (Phi) is 5.03. The van der Waals surface area contributed by atoms with Gasteiger partial charge in [0.15, 0.2) is 0 Å². The van der Waals surface area contributed by atoms with Crippen molar-refractivity contribution in [2.45, 2.75) is 66.1 Å². The van der Waals surface area contributed by atoms with Crippen molar-refractivity contribution in [1.82, 2.24) is 10.3 Å². The van der Waals surface area contributed by atoms with Gasteiger partial charge in [0, 0.05) is 30.9 Å². The summed E-state index contributed by atoms with van der Waals surface area (Å²) < 4.78 is 0. The highest BCUT2D eigenvalue weighted by atomic mass is 15.2. The van der Waals surface area contributed by atoms with Gasteiger partial charge in [-0.25, -0.2) is 4.98 Å². The molecule has 1 unspecified atom stereocenters. The minimum absolute atomic E-state index is 0.516. The van der Waals surface area contributed by atoms with Gasteiger partial charge in [-0.1, -0.05) is 27.7 Å². The molecule has 1 aliphatic rings. The Bertz CT molecular complexity index is 440. The molecule has 3 nitrogen and oxygen atoms in total. The molecule has 0 aliphatic carbocycles. The predicted molar refractivity (Wildman–Crippen MR) is 86.2 cm³/mol. The number of aryl methyl sites for hydroxylation is 1. The highest BCUT2D eigenvalue weighted by Crippen LogP contribution is 2.29. The third kappa shape index (κ3) is 3.72. The lowest BCUT2D eigenvalue weighted by Gasteiger charge is -2.29. The number of hydrogen-bond acceptors (Lipinski definition) is 3. The Morgan fingerprint density at radius 2 is 2.05 bits per heavy atom. The number of anilines is 1. The molecule has 0 spiro atoms. The quantitative estimate of drug-likeness (QED) is 0.891. The van der Waals surface area contributed by atoms with Crippen LogP contribution in [0.15, 0.2) is 12.1 Å². The van der Waals surface area contributed by atoms with E-state index in [1.807, 2.05) is 0 Å². The fourth-order valence-corrected chi connectivity index (χ4v) is 3.06. The highest BCUT2D eigenvalue weighted by molar-refractivity contribution is 5.45. The van der Waals surface area contributed by atoms with E-state index in [2.05, 4.69) is 57.0 Å². The second-order valence-corrected chi connectivity index (χ2v) is 6.66. The van der Waals surface area contributed by atoms with E-state index in [-0.39, 0.29) is 0 Å². The molecule has 0 bridgehead atoms. The molecule has 20 heavy (non-hydrogen) atoms. The maximum Gasteiger partial charge on any atom is 0.129 e. The van der Waals surface area contributed by atoms with Crippen molar-refractivity contribution >= 4 is 5.82 Å². The van der Waals surface area contributed by atoms with Crippen LogP contribution in [0.1, 0.15) is 51.8 Å². The fourth-order valence-electron chi connectivity index (χ4n) is 3.06. The van der Waals surface area contributed by atoms with Gasteiger partial charge in [-0.2, -0.15) is 0 Å². The van der Waals surface area contributed by atoms with Crippen LogP contribution in [0.5, 0.6) is 0 Å². The SMILES string of the molecule is Cc1cc(CNC(C)C)cc(N2CCCC2C(C)C)n1. The summed E-state index contributed by atoms with van der Waals surface area (Å²) in [6.07, 6.45) is 2.59. The van der Waals surface area contributed by atoms with Gasteiger partial charge in [0.1, 0.15) is 5.82 Å². The molecule has 1 saturated heterocycles. The summed E-state index contributed by atoms with van der Waals surface area (Å²) in [6.45, 7) is 13.2. The molecule has 112 valence electrons. The van der Waals surface area contributed by atoms with E-state index in [4.69, 9.17) is 4.98 Å². The minimum Gasteiger partial charge on any atom is -0.353 e. The van der Waals surface area contributed by atoms with Crippen LogP contribution in [0.25, 0.3) is 0 Å². The number of nitrogens with one attached hydrogen (secondary N) is 1. The summed E-state index contributed by atoms with van der Waals surface area (Å²) >= 11 is 0. The maximum atomic E-state index is 4.77. The first-order chi connectivity index (χ1) is 9.47. The Morgan fingerprint density at radius 1 is 1.30 bits per heavy atom. The van der Waals surface area contributed by atoms with E-state index < -0.39 is 0 Å². The Hall–Kier alpha value is -1.09. The van der Waals surface area contributed by atoms with Gasteiger partial charge >= 0.3 is 0 Å². The second kappa shape index (κ2) is 6.57. The van der Waals surface area contributed by atoms with E-state index in [9.17, 15) is 0 Å². The summed E-state index contributed by atoms with van der Waals surface area (Å²) in [5.41, 5.74) is 2.47. The van der Waals surface area contributed by atoms with Crippen molar-refractivity contribution in [3.8, 4) is 0 Å². The lowest BCUT2D eigenvalue weighted by atomic mass is 10.0. The Labute approximate surface area is 123 Å². The van der Waals surface area contributed by atoms with Crippen molar-refractivity contribution in [2.24, 2.45) is 5.92 Å². The minimum atomic E-state index is 0.516. The maximum absolute atomic E-state index is 4.77. The normalized spacial score (nSPS) is 19.4. The first-order valence-corrected chi connectivity index (χ1v) is 7.95. The summed E-state index contributed by atoms with van der Waals surface area (Å²) in [5, 5.41) is 3.49. The van der Waals surface area contributed by atoms with Gasteiger partial charge in [0.2, 0.25) is 0 Å². The summed E-state index contributed by atoms with van der Waals surface area (Å²) in [7, 11) is 0. The largest absolute Gasteiger partial charge is 0.353 e. The monoisotopic (exact) mass is 275 g/mol. The number of pyridine rings is 1. The highest BCUT2D eigenvalue weighted by Gasteiger charge is 2.28. The molecular weight excluding hydrogens is 246 g/mol. The van der Waals surface area contributed by atoms with E-state index >= 15 is 0 Å². The predicted octanol–water partition coefficient (Wildman–Crippen LogP) is 3.51. The van der Waals surface area contributed by atoms with E-state index in [1.54, 1.807) is 0 Å². The van der Waals surface area contributed by atoms with Gasteiger partial charge in [-0.05, 0) is 43.4 Å². The van der Waals surface area contributed by atoms with Gasteiger partial charge in [-0.3, -0.25) is 0 Å². The zero-order valence-electron chi connectivity index (χ0n) is 13.6. The Balaban J connectivity index is 2.18. The van der Waals surface area contributed by atoms with Crippen LogP contribution in [0.4, 0.5) is 5.82 Å². The van der Waals surface area contributed by atoms with Crippen molar-refractivity contribution in [1.29, 1.82) is 0 Å². The number of nitrogens with zero attached hydrogens (tertiary/aromatic N) is 2. The molecule has 1 aromatic rings. The molecule has 0 aromatic carbocycles. The van der Waals surface area contributed by atoms with Gasteiger partial charge in [0.05, 0.1) is 0 Å². The van der Waals surface area contributed by atoms with E-state index in [0.29, 0.717) is 18.0 Å². The summed E-state index contributed by atoms with van der Waals surface area (Å²) in [4.78, 5) is 7.28. The topological polar surface area (TPSA) is 28.2 Å². The van der Waals surface area contributed by atoms with Gasteiger partial charge in [-0.15, -0.1) is 0 Å². The average Bonchev–Trinajstić information content (AvgIpc) is 2.85. The van der Waals surface area contributed by atoms with Crippen LogP contribution in [0, 0.1) is 12.8 Å². The smallest absolute Gasteiger partial charge is 0.129 e. The third-order valence-corrected chi connectivity index (χ3v) is 4.08. The molecule has 1 atom stereocenters. The van der Waals surface area contributed by atoms with Crippen LogP contribution in [0.2, 0.25) is 0 Å². The standard InChI is InChI=1S/C17H29N3/c1-12(2)16-7-6-8-20(16)17-10-15(9-14(5)19-17)11-18-13(3)4/h9-10,12-13,16,18H,6-8,11H2,1-5H3. The molecule has 1 aliphatic heterocycles. The fraction of sp³-hybridized carbons (Fsp3) is 0.706. The molecule has 3 heteroatoms. The summed E-state index contributed by atoms with van der Waals surface area (Å²) in [5.74, 6) is 1.86. The average molecular weight is 275 g/mol. The van der Waals surface area contributed by atoms with E-state index in [0.717, 1.165) is 18.8 Å². The van der Waals surface area contributed by atoms with Crippen LogP contribution in [-0.2, 0) is 6.54 Å². The lowest BCUT2D eigenvalue weighted by Crippen LogP contribution is -2.34. The zero-order valence-corrected chi connectivity index (χ0v) is 13.6. The first kappa shape index (κ1) is 15.3. The number of hydrogen-bond donors (Lipinski definition) is 1. The molecule has 1 fully saturated rings. The third-order valence-electron chi connectivity index (χ3n) is 4.08. The molecule has 0 amide bonds. The molecule has 0 radical (unpaired) electrons. The van der Waals surface area contributed by atoms with Crippen molar-refractivity contribution < 1.29 is 0 Å². The lowest BCUT2D eigenvalue weighted by molar-refractivity contribution is 0.489. The summed E-state index contributed by atoms with van der Waals surface area (Å²) in [6, 6.07) is 5.62. The van der Waals surface area contributed by atoms with Crippen LogP contribution < -0.4 is 10.2 Å². The zero-order chi connectivity index (χ0) is 14.7. The second-order valence-electron chi connectivity index (χ2n) is 6.66.